The molecule has 3 heterocycles. The smallest absolute Gasteiger partial charge is 0.338 e. The normalized spacial score (nSPS) is 17.3. The first-order chi connectivity index (χ1) is 21.2. The molecule has 2 aliphatic heterocycles. The SMILES string of the molecule is CCCC1=C(C(=O)OCC)[C@H](c2cc(Cl)ccc2OC)n2c(s/c(=C\c3ccc(N4CCN(C)CC4)c([N+](=O)[O-])c3)c2=O)=N1. The maximum absolute atomic E-state index is 14.1. The molecule has 1 aromatic heterocycles. The number of piperazine rings is 1. The van der Waals surface area contributed by atoms with E-state index in [0.29, 0.717) is 68.5 Å². The highest BCUT2D eigenvalue weighted by molar-refractivity contribution is 7.07. The van der Waals surface area contributed by atoms with Gasteiger partial charge in [-0.2, -0.15) is 0 Å². The van der Waals surface area contributed by atoms with Crippen molar-refractivity contribution in [2.75, 3.05) is 51.8 Å². The summed E-state index contributed by atoms with van der Waals surface area (Å²) in [6, 6.07) is 9.15. The number of carbonyl (C=O) groups excluding carboxylic acids is 1. The maximum atomic E-state index is 14.1. The van der Waals surface area contributed by atoms with Crippen LogP contribution in [0.15, 0.2) is 57.5 Å². The van der Waals surface area contributed by atoms with E-state index in [0.717, 1.165) is 24.4 Å². The van der Waals surface area contributed by atoms with Gasteiger partial charge in [0.25, 0.3) is 11.2 Å². The van der Waals surface area contributed by atoms with Gasteiger partial charge in [0.2, 0.25) is 0 Å². The Morgan fingerprint density at radius 2 is 1.93 bits per heavy atom. The largest absolute Gasteiger partial charge is 0.496 e. The van der Waals surface area contributed by atoms with Crippen LogP contribution in [-0.4, -0.2) is 67.3 Å². The number of aromatic nitrogens is 1. The number of nitro groups is 1. The van der Waals surface area contributed by atoms with Crippen molar-refractivity contribution in [3.63, 3.8) is 0 Å². The number of halogens is 1. The van der Waals surface area contributed by atoms with Gasteiger partial charge in [0.15, 0.2) is 4.80 Å². The minimum absolute atomic E-state index is 0.0209. The summed E-state index contributed by atoms with van der Waals surface area (Å²) in [6.07, 6.45) is 2.82. The van der Waals surface area contributed by atoms with Crippen LogP contribution in [0.2, 0.25) is 5.02 Å². The molecule has 3 aromatic rings. The van der Waals surface area contributed by atoms with Gasteiger partial charge < -0.3 is 19.3 Å². The minimum atomic E-state index is -0.906. The molecule has 1 fully saturated rings. The van der Waals surface area contributed by atoms with Crippen LogP contribution in [0.5, 0.6) is 5.75 Å². The highest BCUT2D eigenvalue weighted by Crippen LogP contribution is 2.38. The van der Waals surface area contributed by atoms with Gasteiger partial charge in [0.05, 0.1) is 34.4 Å². The molecule has 5 rings (SSSR count). The van der Waals surface area contributed by atoms with Crippen LogP contribution >= 0.6 is 22.9 Å². The standard InChI is InChI=1S/C31H34ClN5O6S/c1-5-7-22-27(30(39)43-6-2)28(21-18-20(32)9-11-25(21)42-4)36-29(38)26(44-31(36)33-22)17-19-8-10-23(24(16-19)37(40)41)35-14-12-34(3)13-15-35/h8-11,16-18,28H,5-7,12-15H2,1-4H3/b26-17-/t28-/m0/s1. The molecule has 0 bridgehead atoms. The molecule has 0 spiro atoms. The van der Waals surface area contributed by atoms with Crippen molar-refractivity contribution in [2.24, 2.45) is 4.99 Å². The molecule has 13 heteroatoms. The van der Waals surface area contributed by atoms with E-state index < -0.39 is 17.6 Å². The topological polar surface area (TPSA) is 120 Å². The molecular weight excluding hydrogens is 606 g/mol. The third-order valence-electron chi connectivity index (χ3n) is 7.72. The second-order valence-electron chi connectivity index (χ2n) is 10.6. The summed E-state index contributed by atoms with van der Waals surface area (Å²) >= 11 is 7.57. The zero-order chi connectivity index (χ0) is 31.5. The second kappa shape index (κ2) is 13.3. The molecular formula is C31H34ClN5O6S. The number of hydrogen-bond acceptors (Lipinski definition) is 10. The van der Waals surface area contributed by atoms with Gasteiger partial charge in [-0.1, -0.05) is 42.3 Å². The number of allylic oxidation sites excluding steroid dienone is 1. The van der Waals surface area contributed by atoms with Crippen molar-refractivity contribution in [1.29, 1.82) is 0 Å². The average molecular weight is 640 g/mol. The zero-order valence-corrected chi connectivity index (χ0v) is 26.6. The van der Waals surface area contributed by atoms with Crippen molar-refractivity contribution in [3.8, 4) is 5.75 Å². The fourth-order valence-corrected chi connectivity index (χ4v) is 6.78. The second-order valence-corrected chi connectivity index (χ2v) is 12.0. The van der Waals surface area contributed by atoms with Crippen LogP contribution in [-0.2, 0) is 9.53 Å². The molecule has 0 aliphatic carbocycles. The Hall–Kier alpha value is -4.00. The Balaban J connectivity index is 1.69. The lowest BCUT2D eigenvalue weighted by atomic mass is 9.93. The number of hydrogen-bond donors (Lipinski definition) is 0. The third-order valence-corrected chi connectivity index (χ3v) is 8.93. The summed E-state index contributed by atoms with van der Waals surface area (Å²) in [5, 5.41) is 12.5. The predicted octanol–water partition coefficient (Wildman–Crippen LogP) is 3.90. The number of ether oxygens (including phenoxy) is 2. The fourth-order valence-electron chi connectivity index (χ4n) is 5.58. The quantitative estimate of drug-likeness (QED) is 0.197. The molecule has 232 valence electrons. The molecule has 0 unspecified atom stereocenters. The highest BCUT2D eigenvalue weighted by atomic mass is 35.5. The molecule has 11 nitrogen and oxygen atoms in total. The van der Waals surface area contributed by atoms with Gasteiger partial charge in [-0.15, -0.1) is 0 Å². The van der Waals surface area contributed by atoms with Crippen molar-refractivity contribution < 1.29 is 19.2 Å². The molecule has 44 heavy (non-hydrogen) atoms. The Kier molecular flexibility index (Phi) is 9.52. The van der Waals surface area contributed by atoms with Gasteiger partial charge in [0.1, 0.15) is 17.5 Å². The van der Waals surface area contributed by atoms with Crippen LogP contribution in [0, 0.1) is 10.1 Å². The third kappa shape index (κ3) is 6.15. The summed E-state index contributed by atoms with van der Waals surface area (Å²) in [5.41, 5.74) is 1.94. The van der Waals surface area contributed by atoms with Crippen LogP contribution in [0.3, 0.4) is 0 Å². The average Bonchev–Trinajstić information content (AvgIpc) is 3.31. The number of nitrogens with zero attached hydrogens (tertiary/aromatic N) is 5. The number of likely N-dealkylation sites (N-methyl/N-ethyl adjacent to an activating group) is 1. The lowest BCUT2D eigenvalue weighted by Gasteiger charge is -2.33. The van der Waals surface area contributed by atoms with E-state index in [-0.39, 0.29) is 22.8 Å². The van der Waals surface area contributed by atoms with E-state index in [4.69, 9.17) is 26.1 Å². The number of fused-ring (bicyclic) bond motifs is 1. The monoisotopic (exact) mass is 639 g/mol. The van der Waals surface area contributed by atoms with Gasteiger partial charge in [-0.05, 0) is 56.3 Å². The lowest BCUT2D eigenvalue weighted by Crippen LogP contribution is -2.44. The predicted molar refractivity (Wildman–Crippen MR) is 170 cm³/mol. The first-order valence-corrected chi connectivity index (χ1v) is 15.6. The number of anilines is 1. The van der Waals surface area contributed by atoms with Gasteiger partial charge in [-0.3, -0.25) is 19.5 Å². The van der Waals surface area contributed by atoms with E-state index >= 15 is 0 Å². The van der Waals surface area contributed by atoms with E-state index in [2.05, 4.69) is 4.90 Å². The highest BCUT2D eigenvalue weighted by Gasteiger charge is 2.36. The number of benzene rings is 2. The van der Waals surface area contributed by atoms with Crippen LogP contribution in [0.1, 0.15) is 43.9 Å². The van der Waals surface area contributed by atoms with Crippen LogP contribution in [0.25, 0.3) is 6.08 Å². The Bertz CT molecular complexity index is 1810. The summed E-state index contributed by atoms with van der Waals surface area (Å²) in [4.78, 5) is 48.7. The van der Waals surface area contributed by atoms with Gasteiger partial charge >= 0.3 is 5.97 Å². The Morgan fingerprint density at radius 3 is 2.59 bits per heavy atom. The molecule has 0 saturated carbocycles. The van der Waals surface area contributed by atoms with E-state index in [1.165, 1.54) is 17.7 Å². The van der Waals surface area contributed by atoms with Gasteiger partial charge in [0, 0.05) is 42.8 Å². The molecule has 1 saturated heterocycles. The summed E-state index contributed by atoms with van der Waals surface area (Å²) in [5.74, 6) is -0.125. The summed E-state index contributed by atoms with van der Waals surface area (Å²) in [7, 11) is 3.54. The van der Waals surface area contributed by atoms with Gasteiger partial charge in [-0.25, -0.2) is 9.79 Å². The van der Waals surface area contributed by atoms with Crippen molar-refractivity contribution in [2.45, 2.75) is 32.7 Å². The maximum Gasteiger partial charge on any atom is 0.338 e. The number of nitro benzene ring substituents is 1. The number of methoxy groups -OCH3 is 1. The zero-order valence-electron chi connectivity index (χ0n) is 25.0. The van der Waals surface area contributed by atoms with Crippen LogP contribution in [0.4, 0.5) is 11.4 Å². The molecule has 0 radical (unpaired) electrons. The molecule has 0 amide bonds. The number of carbonyl (C=O) groups is 1. The van der Waals surface area contributed by atoms with Crippen molar-refractivity contribution in [3.05, 3.63) is 93.6 Å². The molecule has 2 aliphatic rings. The first-order valence-electron chi connectivity index (χ1n) is 14.4. The molecule has 1 atom stereocenters. The van der Waals surface area contributed by atoms with Crippen LogP contribution < -0.4 is 24.5 Å². The Labute approximate surface area is 263 Å². The van der Waals surface area contributed by atoms with E-state index in [9.17, 15) is 19.7 Å². The summed E-state index contributed by atoms with van der Waals surface area (Å²) < 4.78 is 12.9. The minimum Gasteiger partial charge on any atom is -0.496 e. The van der Waals surface area contributed by atoms with Crippen molar-refractivity contribution >= 4 is 46.4 Å². The summed E-state index contributed by atoms with van der Waals surface area (Å²) in [6.45, 7) is 6.84. The van der Waals surface area contributed by atoms with E-state index in [1.807, 2.05) is 18.9 Å². The van der Waals surface area contributed by atoms with Crippen molar-refractivity contribution in [1.82, 2.24) is 9.47 Å². The number of esters is 1. The Morgan fingerprint density at radius 1 is 1.18 bits per heavy atom. The molecule has 0 N–H and O–H groups in total. The van der Waals surface area contributed by atoms with E-state index in [1.54, 1.807) is 43.3 Å². The number of thiazole rings is 1. The lowest BCUT2D eigenvalue weighted by molar-refractivity contribution is -0.384. The first kappa shape index (κ1) is 31.4. The number of rotatable bonds is 9. The molecule has 2 aromatic carbocycles. The fraction of sp³-hybridized carbons (Fsp3) is 0.387.